The Kier molecular flexibility index (Phi) is 7.55. The second-order valence-electron chi connectivity index (χ2n) is 8.36. The molecule has 0 bridgehead atoms. The molecule has 184 valence electrons. The van der Waals surface area contributed by atoms with E-state index in [0.29, 0.717) is 29.9 Å². The van der Waals surface area contributed by atoms with Crippen LogP contribution < -0.4 is 15.5 Å². The van der Waals surface area contributed by atoms with Gasteiger partial charge in [0.05, 0.1) is 4.92 Å². The van der Waals surface area contributed by atoms with Crippen LogP contribution in [-0.4, -0.2) is 52.9 Å². The van der Waals surface area contributed by atoms with Crippen LogP contribution in [0.15, 0.2) is 72.8 Å². The number of hydrogen-bond acceptors (Lipinski definition) is 6. The van der Waals surface area contributed by atoms with Crippen LogP contribution >= 0.6 is 12.2 Å². The van der Waals surface area contributed by atoms with Crippen molar-refractivity contribution in [3.8, 4) is 0 Å². The van der Waals surface area contributed by atoms with E-state index < -0.39 is 10.8 Å². The summed E-state index contributed by atoms with van der Waals surface area (Å²) in [6.45, 7) is 4.34. The second-order valence-corrected chi connectivity index (χ2v) is 8.77. The Balaban J connectivity index is 1.29. The second kappa shape index (κ2) is 11.0. The number of nitrogens with zero attached hydrogens (tertiary/aromatic N) is 3. The van der Waals surface area contributed by atoms with Crippen LogP contribution in [0.2, 0.25) is 0 Å². The van der Waals surface area contributed by atoms with Crippen LogP contribution in [0.1, 0.15) is 26.3 Å². The maximum atomic E-state index is 12.6. The third-order valence-corrected chi connectivity index (χ3v) is 6.18. The molecule has 36 heavy (non-hydrogen) atoms. The first-order valence-electron chi connectivity index (χ1n) is 11.4. The van der Waals surface area contributed by atoms with E-state index in [2.05, 4.69) is 15.5 Å². The molecule has 1 aliphatic rings. The third-order valence-electron chi connectivity index (χ3n) is 5.97. The highest BCUT2D eigenvalue weighted by Crippen LogP contribution is 2.21. The van der Waals surface area contributed by atoms with E-state index in [1.54, 1.807) is 6.92 Å². The number of piperazine rings is 1. The van der Waals surface area contributed by atoms with Crippen molar-refractivity contribution in [2.24, 2.45) is 0 Å². The molecule has 0 saturated carbocycles. The summed E-state index contributed by atoms with van der Waals surface area (Å²) in [7, 11) is 0. The average Bonchev–Trinajstić information content (AvgIpc) is 2.89. The first kappa shape index (κ1) is 24.8. The smallest absolute Gasteiger partial charge is 0.273 e. The highest BCUT2D eigenvalue weighted by atomic mass is 32.1. The lowest BCUT2D eigenvalue weighted by Crippen LogP contribution is -2.48. The van der Waals surface area contributed by atoms with Crippen molar-refractivity contribution < 1.29 is 14.5 Å². The maximum absolute atomic E-state index is 12.6. The number of aryl methyl sites for hydroxylation is 1. The standard InChI is InChI=1S/C26H25N5O4S/c1-18-7-8-20(17-23(18)31(34)35)24(32)28-26(36)27-21-9-11-22(12-10-21)29-13-15-30(16-14-29)25(33)19-5-3-2-4-6-19/h2-12,17H,13-16H2,1H3,(H2,27,28,32,36). The van der Waals surface area contributed by atoms with Crippen LogP contribution in [0.25, 0.3) is 0 Å². The number of nitro benzene ring substituents is 1. The van der Waals surface area contributed by atoms with E-state index in [1.807, 2.05) is 59.5 Å². The highest BCUT2D eigenvalue weighted by molar-refractivity contribution is 7.80. The number of nitrogens with one attached hydrogen (secondary N) is 2. The van der Waals surface area contributed by atoms with E-state index in [0.717, 1.165) is 18.8 Å². The molecule has 4 rings (SSSR count). The Morgan fingerprint density at radius 1 is 0.917 bits per heavy atom. The summed E-state index contributed by atoms with van der Waals surface area (Å²) in [5, 5.41) is 16.7. The van der Waals surface area contributed by atoms with Gasteiger partial charge in [0, 0.05) is 60.3 Å². The third kappa shape index (κ3) is 5.84. The van der Waals surface area contributed by atoms with Gasteiger partial charge in [-0.25, -0.2) is 0 Å². The number of carbonyl (C=O) groups is 2. The molecule has 0 aliphatic carbocycles. The lowest BCUT2D eigenvalue weighted by molar-refractivity contribution is -0.385. The number of rotatable bonds is 5. The van der Waals surface area contributed by atoms with E-state index in [4.69, 9.17) is 12.2 Å². The highest BCUT2D eigenvalue weighted by Gasteiger charge is 2.22. The van der Waals surface area contributed by atoms with Gasteiger partial charge in [-0.3, -0.25) is 25.0 Å². The first-order valence-corrected chi connectivity index (χ1v) is 11.8. The number of hydrogen-bond donors (Lipinski definition) is 2. The van der Waals surface area contributed by atoms with Crippen LogP contribution in [0.5, 0.6) is 0 Å². The summed E-state index contributed by atoms with van der Waals surface area (Å²) in [6, 6.07) is 21.2. The Morgan fingerprint density at radius 3 is 2.22 bits per heavy atom. The van der Waals surface area contributed by atoms with Gasteiger partial charge in [-0.15, -0.1) is 0 Å². The van der Waals surface area contributed by atoms with Gasteiger partial charge < -0.3 is 15.1 Å². The van der Waals surface area contributed by atoms with Crippen LogP contribution in [-0.2, 0) is 0 Å². The lowest BCUT2D eigenvalue weighted by atomic mass is 10.1. The Morgan fingerprint density at radius 2 is 1.58 bits per heavy atom. The Labute approximate surface area is 213 Å². The van der Waals surface area contributed by atoms with Crippen molar-refractivity contribution >= 4 is 46.2 Å². The zero-order valence-electron chi connectivity index (χ0n) is 19.6. The molecular weight excluding hydrogens is 478 g/mol. The number of benzene rings is 3. The van der Waals surface area contributed by atoms with E-state index in [-0.39, 0.29) is 22.3 Å². The van der Waals surface area contributed by atoms with Gasteiger partial charge in [0.25, 0.3) is 17.5 Å². The van der Waals surface area contributed by atoms with Crippen molar-refractivity contribution in [3.63, 3.8) is 0 Å². The molecule has 2 N–H and O–H groups in total. The normalized spacial score (nSPS) is 13.1. The van der Waals surface area contributed by atoms with Crippen molar-refractivity contribution in [3.05, 3.63) is 99.6 Å². The molecule has 0 atom stereocenters. The number of nitro groups is 1. The van der Waals surface area contributed by atoms with Gasteiger partial charge in [-0.1, -0.05) is 24.3 Å². The molecule has 0 aromatic heterocycles. The molecule has 3 aromatic rings. The molecule has 1 fully saturated rings. The fourth-order valence-corrected chi connectivity index (χ4v) is 4.18. The van der Waals surface area contributed by atoms with Crippen LogP contribution in [0, 0.1) is 17.0 Å². The van der Waals surface area contributed by atoms with Gasteiger partial charge in [0.2, 0.25) is 0 Å². The molecule has 3 aromatic carbocycles. The van der Waals surface area contributed by atoms with Crippen molar-refractivity contribution in [2.45, 2.75) is 6.92 Å². The predicted molar refractivity (Wildman–Crippen MR) is 143 cm³/mol. The fourth-order valence-electron chi connectivity index (χ4n) is 3.97. The van der Waals surface area contributed by atoms with Crippen LogP contribution in [0.3, 0.4) is 0 Å². The molecule has 0 spiro atoms. The molecule has 10 heteroatoms. The summed E-state index contributed by atoms with van der Waals surface area (Å²) in [5.41, 5.74) is 2.91. The topological polar surface area (TPSA) is 108 Å². The Hall–Kier alpha value is -4.31. The van der Waals surface area contributed by atoms with E-state index in [9.17, 15) is 19.7 Å². The minimum atomic E-state index is -0.532. The molecular formula is C26H25N5O4S. The largest absolute Gasteiger partial charge is 0.368 e. The van der Waals surface area contributed by atoms with Crippen molar-refractivity contribution in [1.29, 1.82) is 0 Å². The number of carbonyl (C=O) groups excluding carboxylic acids is 2. The maximum Gasteiger partial charge on any atom is 0.273 e. The molecule has 1 heterocycles. The quantitative estimate of drug-likeness (QED) is 0.308. The summed E-state index contributed by atoms with van der Waals surface area (Å²) in [6.07, 6.45) is 0. The molecule has 1 aliphatic heterocycles. The minimum Gasteiger partial charge on any atom is -0.368 e. The van der Waals surface area contributed by atoms with E-state index >= 15 is 0 Å². The van der Waals surface area contributed by atoms with Gasteiger partial charge in [0.15, 0.2) is 5.11 Å². The number of thiocarbonyl (C=S) groups is 1. The fraction of sp³-hybridized carbons (Fsp3) is 0.192. The molecule has 0 unspecified atom stereocenters. The SMILES string of the molecule is Cc1ccc(C(=O)NC(=S)Nc2ccc(N3CCN(C(=O)c4ccccc4)CC3)cc2)cc1[N+](=O)[O-]. The van der Waals surface area contributed by atoms with Crippen LogP contribution in [0.4, 0.5) is 17.1 Å². The average molecular weight is 504 g/mol. The zero-order valence-corrected chi connectivity index (χ0v) is 20.5. The van der Waals surface area contributed by atoms with Gasteiger partial charge >= 0.3 is 0 Å². The summed E-state index contributed by atoms with van der Waals surface area (Å²) in [4.78, 5) is 39.8. The first-order chi connectivity index (χ1) is 17.3. The monoisotopic (exact) mass is 503 g/mol. The van der Waals surface area contributed by atoms with Crippen molar-refractivity contribution in [2.75, 3.05) is 36.4 Å². The zero-order chi connectivity index (χ0) is 25.7. The van der Waals surface area contributed by atoms with Gasteiger partial charge in [-0.05, 0) is 61.6 Å². The number of anilines is 2. The lowest BCUT2D eigenvalue weighted by Gasteiger charge is -2.36. The molecule has 9 nitrogen and oxygen atoms in total. The summed E-state index contributed by atoms with van der Waals surface area (Å²) < 4.78 is 0. The molecule has 2 amide bonds. The molecule has 1 saturated heterocycles. The van der Waals surface area contributed by atoms with E-state index in [1.165, 1.54) is 18.2 Å². The summed E-state index contributed by atoms with van der Waals surface area (Å²) in [5.74, 6) is -0.485. The van der Waals surface area contributed by atoms with Gasteiger partial charge in [0.1, 0.15) is 0 Å². The minimum absolute atomic E-state index is 0.0469. The predicted octanol–water partition coefficient (Wildman–Crippen LogP) is 3.99. The molecule has 0 radical (unpaired) electrons. The number of amides is 2. The van der Waals surface area contributed by atoms with Crippen molar-refractivity contribution in [1.82, 2.24) is 10.2 Å². The summed E-state index contributed by atoms with van der Waals surface area (Å²) >= 11 is 5.23. The van der Waals surface area contributed by atoms with Gasteiger partial charge in [-0.2, -0.15) is 0 Å². The Bertz CT molecular complexity index is 1290.